The number of benzene rings is 1. The zero-order valence-electron chi connectivity index (χ0n) is 21.5. The van der Waals surface area contributed by atoms with Crippen molar-refractivity contribution < 1.29 is 19.1 Å². The van der Waals surface area contributed by atoms with Crippen LogP contribution in [0, 0.1) is 12.8 Å². The number of nitrogens with one attached hydrogen (secondary N) is 1. The van der Waals surface area contributed by atoms with Crippen molar-refractivity contribution in [3.63, 3.8) is 0 Å². The molecule has 2 unspecified atom stereocenters. The Balaban J connectivity index is 1.32. The second-order valence-electron chi connectivity index (χ2n) is 10.8. The second kappa shape index (κ2) is 9.35. The van der Waals surface area contributed by atoms with E-state index in [1.165, 1.54) is 4.90 Å². The van der Waals surface area contributed by atoms with Gasteiger partial charge in [-0.3, -0.25) is 24.0 Å². The number of carbonyl (C=O) groups is 3. The molecule has 0 aliphatic carbocycles. The van der Waals surface area contributed by atoms with E-state index in [0.29, 0.717) is 43.7 Å². The Hall–Kier alpha value is -3.20. The number of ether oxygens (including phenoxy) is 1. The Morgan fingerprint density at radius 2 is 2.03 bits per heavy atom. The van der Waals surface area contributed by atoms with E-state index in [-0.39, 0.29) is 35.3 Å². The molecule has 36 heavy (non-hydrogen) atoms. The minimum Gasteiger partial charge on any atom is -0.375 e. The number of amides is 3. The van der Waals surface area contributed by atoms with Crippen LogP contribution in [0.2, 0.25) is 0 Å². The van der Waals surface area contributed by atoms with Crippen molar-refractivity contribution in [2.24, 2.45) is 13.0 Å². The topological polar surface area (TPSA) is 96.8 Å². The largest absolute Gasteiger partial charge is 0.375 e. The van der Waals surface area contributed by atoms with Crippen molar-refractivity contribution in [1.82, 2.24) is 20.0 Å². The average Bonchev–Trinajstić information content (AvgIpc) is 3.31. The van der Waals surface area contributed by atoms with Crippen molar-refractivity contribution in [2.75, 3.05) is 24.6 Å². The van der Waals surface area contributed by atoms with E-state index < -0.39 is 0 Å². The van der Waals surface area contributed by atoms with Gasteiger partial charge in [-0.1, -0.05) is 6.07 Å². The first-order valence-electron chi connectivity index (χ1n) is 12.8. The molecule has 0 bridgehead atoms. The highest BCUT2D eigenvalue weighted by Gasteiger charge is 2.45. The Bertz CT molecular complexity index is 1200. The van der Waals surface area contributed by atoms with Crippen LogP contribution in [-0.4, -0.2) is 63.7 Å². The molecule has 5 rings (SSSR count). The van der Waals surface area contributed by atoms with Crippen LogP contribution in [0.4, 0.5) is 5.69 Å². The van der Waals surface area contributed by atoms with Gasteiger partial charge < -0.3 is 15.0 Å². The summed E-state index contributed by atoms with van der Waals surface area (Å²) >= 11 is 0. The quantitative estimate of drug-likeness (QED) is 0.644. The predicted molar refractivity (Wildman–Crippen MR) is 135 cm³/mol. The van der Waals surface area contributed by atoms with Crippen LogP contribution in [0.25, 0.3) is 0 Å². The summed E-state index contributed by atoms with van der Waals surface area (Å²) in [7, 11) is 1.88. The lowest BCUT2D eigenvalue weighted by Gasteiger charge is -2.39. The van der Waals surface area contributed by atoms with Crippen LogP contribution in [0.1, 0.15) is 71.5 Å². The molecule has 1 N–H and O–H groups in total. The molecule has 1 aromatic carbocycles. The molecule has 2 fully saturated rings. The van der Waals surface area contributed by atoms with Crippen LogP contribution in [0.15, 0.2) is 24.4 Å². The maximum atomic E-state index is 13.6. The zero-order valence-corrected chi connectivity index (χ0v) is 21.5. The molecular formula is C27H35N5O4. The lowest BCUT2D eigenvalue weighted by molar-refractivity contribution is -0.125. The number of aromatic nitrogens is 2. The second-order valence-corrected chi connectivity index (χ2v) is 10.8. The molecule has 2 atom stereocenters. The van der Waals surface area contributed by atoms with Gasteiger partial charge in [-0.15, -0.1) is 0 Å². The van der Waals surface area contributed by atoms with Crippen molar-refractivity contribution in [3.05, 3.63) is 46.8 Å². The van der Waals surface area contributed by atoms with E-state index >= 15 is 0 Å². The molecule has 3 aliphatic rings. The monoisotopic (exact) mass is 493 g/mol. The number of hydrogen-bond donors (Lipinski definition) is 1. The molecule has 0 radical (unpaired) electrons. The SMILES string of the molecule is Cc1c(CNC(=O)C2CCCN(c3cccc4c3C(=O)N(C3CCOC(C)(C)C3)C4=O)C2)cnn1C. The third-order valence-corrected chi connectivity index (χ3v) is 7.88. The summed E-state index contributed by atoms with van der Waals surface area (Å²) in [5.41, 5.74) is 3.34. The van der Waals surface area contributed by atoms with Crippen molar-refractivity contribution in [3.8, 4) is 0 Å². The molecule has 9 nitrogen and oxygen atoms in total. The van der Waals surface area contributed by atoms with Crippen LogP contribution in [0.3, 0.4) is 0 Å². The number of rotatable bonds is 5. The Kier molecular flexibility index (Phi) is 6.36. The molecule has 4 heterocycles. The maximum Gasteiger partial charge on any atom is 0.263 e. The summed E-state index contributed by atoms with van der Waals surface area (Å²) in [5.74, 6) is -0.639. The minimum absolute atomic E-state index is 0.00370. The highest BCUT2D eigenvalue weighted by molar-refractivity contribution is 6.24. The fraction of sp³-hybridized carbons (Fsp3) is 0.556. The molecule has 2 saturated heterocycles. The number of anilines is 1. The van der Waals surface area contributed by atoms with Crippen LogP contribution in [-0.2, 0) is 23.1 Å². The predicted octanol–water partition coefficient (Wildman–Crippen LogP) is 2.81. The standard InChI is InChI=1S/C27H35N5O4/c1-17-19(15-29-30(17)4)14-28-24(33)18-7-6-11-31(16-18)22-9-5-8-21-23(22)26(35)32(25(21)34)20-10-12-36-27(2,3)13-20/h5,8-9,15,18,20H,6-7,10-14,16H2,1-4H3,(H,28,33). The summed E-state index contributed by atoms with van der Waals surface area (Å²) in [6.07, 6.45) is 4.68. The molecule has 9 heteroatoms. The van der Waals surface area contributed by atoms with Gasteiger partial charge in [-0.2, -0.15) is 5.10 Å². The van der Waals surface area contributed by atoms with Crippen LogP contribution < -0.4 is 10.2 Å². The summed E-state index contributed by atoms with van der Waals surface area (Å²) in [6, 6.07) is 5.31. The van der Waals surface area contributed by atoms with E-state index in [0.717, 1.165) is 36.3 Å². The van der Waals surface area contributed by atoms with E-state index in [1.807, 2.05) is 40.0 Å². The van der Waals surface area contributed by atoms with Gasteiger partial charge in [-0.25, -0.2) is 0 Å². The Labute approximate surface area is 211 Å². The molecular weight excluding hydrogens is 458 g/mol. The lowest BCUT2D eigenvalue weighted by atomic mass is 9.93. The number of carbonyl (C=O) groups excluding carboxylic acids is 3. The number of fused-ring (bicyclic) bond motifs is 1. The maximum absolute atomic E-state index is 13.6. The first-order valence-corrected chi connectivity index (χ1v) is 12.8. The van der Waals surface area contributed by atoms with E-state index in [2.05, 4.69) is 15.3 Å². The summed E-state index contributed by atoms with van der Waals surface area (Å²) in [6.45, 7) is 8.21. The average molecular weight is 494 g/mol. The number of aryl methyl sites for hydroxylation is 1. The highest BCUT2D eigenvalue weighted by Crippen LogP contribution is 2.38. The zero-order chi connectivity index (χ0) is 25.6. The van der Waals surface area contributed by atoms with Crippen LogP contribution in [0.5, 0.6) is 0 Å². The van der Waals surface area contributed by atoms with E-state index in [4.69, 9.17) is 4.74 Å². The van der Waals surface area contributed by atoms with Gasteiger partial charge >= 0.3 is 0 Å². The first kappa shape index (κ1) is 24.5. The molecule has 0 spiro atoms. The minimum atomic E-state index is -0.372. The highest BCUT2D eigenvalue weighted by atomic mass is 16.5. The fourth-order valence-corrected chi connectivity index (χ4v) is 5.76. The lowest BCUT2D eigenvalue weighted by Crippen LogP contribution is -2.48. The molecule has 1 aromatic heterocycles. The number of nitrogens with zero attached hydrogens (tertiary/aromatic N) is 4. The van der Waals surface area contributed by atoms with Gasteiger partial charge in [0.05, 0.1) is 34.5 Å². The van der Waals surface area contributed by atoms with Crippen LogP contribution >= 0.6 is 0 Å². The smallest absolute Gasteiger partial charge is 0.263 e. The first-order chi connectivity index (χ1) is 17.2. The van der Waals surface area contributed by atoms with Gasteiger partial charge in [0.15, 0.2) is 0 Å². The number of hydrogen-bond acceptors (Lipinski definition) is 6. The Morgan fingerprint density at radius 1 is 1.22 bits per heavy atom. The molecule has 3 amide bonds. The summed E-state index contributed by atoms with van der Waals surface area (Å²) in [5, 5.41) is 7.30. The fourth-order valence-electron chi connectivity index (χ4n) is 5.76. The van der Waals surface area contributed by atoms with Crippen molar-refractivity contribution in [1.29, 1.82) is 0 Å². The van der Waals surface area contributed by atoms with Crippen molar-refractivity contribution >= 4 is 23.4 Å². The van der Waals surface area contributed by atoms with E-state index in [9.17, 15) is 14.4 Å². The summed E-state index contributed by atoms with van der Waals surface area (Å²) < 4.78 is 7.61. The third-order valence-electron chi connectivity index (χ3n) is 7.88. The molecule has 0 saturated carbocycles. The molecule has 192 valence electrons. The number of piperidine rings is 1. The molecule has 3 aliphatic heterocycles. The van der Waals surface area contributed by atoms with Crippen molar-refractivity contribution in [2.45, 2.75) is 64.6 Å². The van der Waals surface area contributed by atoms with Gasteiger partial charge in [0.25, 0.3) is 11.8 Å². The van der Waals surface area contributed by atoms with Gasteiger partial charge in [0, 0.05) is 50.6 Å². The van der Waals surface area contributed by atoms with E-state index in [1.54, 1.807) is 16.9 Å². The van der Waals surface area contributed by atoms with Gasteiger partial charge in [0.2, 0.25) is 5.91 Å². The third kappa shape index (κ3) is 4.40. The number of imide groups is 1. The van der Waals surface area contributed by atoms with Gasteiger partial charge in [-0.05, 0) is 58.6 Å². The normalized spacial score (nSPS) is 23.7. The Morgan fingerprint density at radius 3 is 2.75 bits per heavy atom. The van der Waals surface area contributed by atoms with Gasteiger partial charge in [0.1, 0.15) is 0 Å². The summed E-state index contributed by atoms with van der Waals surface area (Å²) in [4.78, 5) is 43.6. The molecule has 2 aromatic rings.